The number of carboxylic acids is 1. The van der Waals surface area contributed by atoms with Crippen LogP contribution in [0.2, 0.25) is 0 Å². The summed E-state index contributed by atoms with van der Waals surface area (Å²) in [6.07, 6.45) is 1.78. The summed E-state index contributed by atoms with van der Waals surface area (Å²) in [4.78, 5) is 39.5. The molecule has 32 heavy (non-hydrogen) atoms. The summed E-state index contributed by atoms with van der Waals surface area (Å²) in [6.45, 7) is 1.64. The van der Waals surface area contributed by atoms with Crippen LogP contribution >= 0.6 is 0 Å². The van der Waals surface area contributed by atoms with Crippen LogP contribution in [-0.4, -0.2) is 40.7 Å². The van der Waals surface area contributed by atoms with E-state index in [0.717, 1.165) is 22.3 Å². The average molecular weight is 431 g/mol. The van der Waals surface area contributed by atoms with E-state index in [4.69, 9.17) is 9.84 Å². The van der Waals surface area contributed by atoms with E-state index in [-0.39, 0.29) is 23.8 Å². The Hall–Kier alpha value is -4.20. The predicted molar refractivity (Wildman–Crippen MR) is 117 cm³/mol. The van der Waals surface area contributed by atoms with Crippen LogP contribution in [0.1, 0.15) is 34.3 Å². The van der Waals surface area contributed by atoms with Crippen LogP contribution in [-0.2, 0) is 9.53 Å². The van der Waals surface area contributed by atoms with Gasteiger partial charge in [0, 0.05) is 12.1 Å². The number of amides is 2. The molecule has 8 heteroatoms. The van der Waals surface area contributed by atoms with Gasteiger partial charge < -0.3 is 20.5 Å². The number of aromatic nitrogens is 1. The average Bonchev–Trinajstić information content (AvgIpc) is 3.11. The van der Waals surface area contributed by atoms with Crippen molar-refractivity contribution in [2.24, 2.45) is 0 Å². The fraction of sp³-hybridized carbons (Fsp3) is 0.167. The molecule has 1 atom stereocenters. The number of pyridine rings is 1. The molecule has 1 aliphatic carbocycles. The maximum absolute atomic E-state index is 12.4. The molecule has 1 aromatic heterocycles. The number of rotatable bonds is 6. The molecule has 4 rings (SSSR count). The molecule has 162 valence electrons. The molecule has 0 saturated carbocycles. The summed E-state index contributed by atoms with van der Waals surface area (Å²) >= 11 is 0. The number of aromatic carboxylic acids is 1. The number of benzene rings is 2. The van der Waals surface area contributed by atoms with Gasteiger partial charge in [-0.3, -0.25) is 9.78 Å². The molecule has 8 nitrogen and oxygen atoms in total. The minimum absolute atomic E-state index is 0.0556. The van der Waals surface area contributed by atoms with E-state index < -0.39 is 24.0 Å². The number of ether oxygens (including phenoxy) is 1. The largest absolute Gasteiger partial charge is 0.478 e. The maximum Gasteiger partial charge on any atom is 0.407 e. The van der Waals surface area contributed by atoms with Gasteiger partial charge >= 0.3 is 12.1 Å². The first-order valence-electron chi connectivity index (χ1n) is 10.0. The Morgan fingerprint density at radius 3 is 2.28 bits per heavy atom. The maximum atomic E-state index is 12.4. The summed E-state index contributed by atoms with van der Waals surface area (Å²) < 4.78 is 5.44. The van der Waals surface area contributed by atoms with Crippen molar-refractivity contribution in [3.63, 3.8) is 0 Å². The zero-order valence-electron chi connectivity index (χ0n) is 17.2. The molecular weight excluding hydrogens is 410 g/mol. The number of nitrogens with one attached hydrogen (secondary N) is 2. The van der Waals surface area contributed by atoms with E-state index in [9.17, 15) is 14.4 Å². The lowest BCUT2D eigenvalue weighted by Gasteiger charge is -2.17. The molecule has 0 fully saturated rings. The Bertz CT molecular complexity index is 1150. The minimum Gasteiger partial charge on any atom is -0.478 e. The van der Waals surface area contributed by atoms with Gasteiger partial charge in [0.1, 0.15) is 12.6 Å². The summed E-state index contributed by atoms with van der Waals surface area (Å²) in [5.41, 5.74) is 4.61. The van der Waals surface area contributed by atoms with E-state index in [0.29, 0.717) is 0 Å². The second-order valence-corrected chi connectivity index (χ2v) is 7.45. The fourth-order valence-corrected chi connectivity index (χ4v) is 3.76. The number of carboxylic acid groups (broad SMARTS) is 1. The van der Waals surface area contributed by atoms with Crippen molar-refractivity contribution in [1.82, 2.24) is 10.3 Å². The van der Waals surface area contributed by atoms with Gasteiger partial charge in [0.2, 0.25) is 5.91 Å². The van der Waals surface area contributed by atoms with E-state index in [1.165, 1.54) is 25.4 Å². The molecule has 0 spiro atoms. The van der Waals surface area contributed by atoms with Gasteiger partial charge in [-0.25, -0.2) is 9.59 Å². The van der Waals surface area contributed by atoms with Crippen LogP contribution in [0.15, 0.2) is 67.0 Å². The molecular formula is C24H21N3O5. The predicted octanol–water partition coefficient (Wildman–Crippen LogP) is 3.65. The van der Waals surface area contributed by atoms with Crippen molar-refractivity contribution in [1.29, 1.82) is 0 Å². The van der Waals surface area contributed by atoms with Gasteiger partial charge in [0.05, 0.1) is 17.4 Å². The first-order chi connectivity index (χ1) is 15.4. The lowest BCUT2D eigenvalue weighted by molar-refractivity contribution is -0.117. The van der Waals surface area contributed by atoms with E-state index in [2.05, 4.69) is 27.8 Å². The lowest BCUT2D eigenvalue weighted by atomic mass is 9.98. The van der Waals surface area contributed by atoms with Gasteiger partial charge in [0.25, 0.3) is 0 Å². The first kappa shape index (κ1) is 21.0. The Morgan fingerprint density at radius 1 is 1.03 bits per heavy atom. The second-order valence-electron chi connectivity index (χ2n) is 7.45. The normalized spacial score (nSPS) is 12.9. The lowest BCUT2D eigenvalue weighted by Crippen LogP contribution is -2.42. The highest BCUT2D eigenvalue weighted by atomic mass is 16.5. The Labute approximate surface area is 184 Å². The number of nitrogens with zero attached hydrogens (tertiary/aromatic N) is 1. The van der Waals surface area contributed by atoms with Crippen molar-refractivity contribution in [3.05, 3.63) is 83.7 Å². The Balaban J connectivity index is 1.36. The monoisotopic (exact) mass is 431 g/mol. The molecule has 0 radical (unpaired) electrons. The quantitative estimate of drug-likeness (QED) is 0.548. The molecule has 3 aromatic rings. The van der Waals surface area contributed by atoms with E-state index in [1.54, 1.807) is 0 Å². The molecule has 2 amide bonds. The molecule has 0 saturated heterocycles. The smallest absolute Gasteiger partial charge is 0.407 e. The molecule has 0 bridgehead atoms. The Kier molecular flexibility index (Phi) is 5.85. The molecule has 0 aliphatic heterocycles. The fourth-order valence-electron chi connectivity index (χ4n) is 3.76. The number of carbonyl (C=O) groups is 3. The van der Waals surface area contributed by atoms with Crippen molar-refractivity contribution >= 4 is 23.7 Å². The SMILES string of the molecule is C[C@H](NC(=O)OCC1c2ccccc2-c2ccccc21)C(=O)Nc1cncc(C(=O)O)c1. The third-order valence-electron chi connectivity index (χ3n) is 5.32. The molecule has 2 aromatic carbocycles. The molecule has 1 heterocycles. The Morgan fingerprint density at radius 2 is 1.66 bits per heavy atom. The van der Waals surface area contributed by atoms with Crippen molar-refractivity contribution in [2.45, 2.75) is 18.9 Å². The topological polar surface area (TPSA) is 118 Å². The van der Waals surface area contributed by atoms with Gasteiger partial charge in [-0.1, -0.05) is 48.5 Å². The summed E-state index contributed by atoms with van der Waals surface area (Å²) in [6, 6.07) is 16.4. The van der Waals surface area contributed by atoms with Crippen LogP contribution in [0.25, 0.3) is 11.1 Å². The van der Waals surface area contributed by atoms with Crippen LogP contribution in [0.3, 0.4) is 0 Å². The van der Waals surface area contributed by atoms with Crippen LogP contribution in [0, 0.1) is 0 Å². The highest BCUT2D eigenvalue weighted by Crippen LogP contribution is 2.44. The van der Waals surface area contributed by atoms with Crippen LogP contribution in [0.4, 0.5) is 10.5 Å². The molecule has 0 unspecified atom stereocenters. The standard InChI is InChI=1S/C24H21N3O5/c1-14(22(28)27-16-10-15(23(29)30)11-25-12-16)26-24(31)32-13-21-19-8-4-2-6-17(19)18-7-3-5-9-20(18)21/h2-12,14,21H,13H2,1H3,(H,26,31)(H,27,28)(H,29,30)/t14-/m0/s1. The zero-order chi connectivity index (χ0) is 22.7. The third-order valence-corrected chi connectivity index (χ3v) is 5.32. The van der Waals surface area contributed by atoms with Crippen LogP contribution in [0.5, 0.6) is 0 Å². The summed E-state index contributed by atoms with van der Waals surface area (Å²) in [7, 11) is 0. The number of carbonyl (C=O) groups excluding carboxylic acids is 2. The van der Waals surface area contributed by atoms with Gasteiger partial charge in [-0.2, -0.15) is 0 Å². The van der Waals surface area contributed by atoms with E-state index >= 15 is 0 Å². The van der Waals surface area contributed by atoms with Crippen molar-refractivity contribution < 1.29 is 24.2 Å². The molecule has 3 N–H and O–H groups in total. The zero-order valence-corrected chi connectivity index (χ0v) is 17.2. The number of anilines is 1. The number of fused-ring (bicyclic) bond motifs is 3. The van der Waals surface area contributed by atoms with Crippen molar-refractivity contribution in [2.75, 3.05) is 11.9 Å². The minimum atomic E-state index is -1.15. The third kappa shape index (κ3) is 4.29. The van der Waals surface area contributed by atoms with Crippen LogP contribution < -0.4 is 10.6 Å². The van der Waals surface area contributed by atoms with Gasteiger partial charge in [0.15, 0.2) is 0 Å². The highest BCUT2D eigenvalue weighted by Gasteiger charge is 2.29. The van der Waals surface area contributed by atoms with Crippen molar-refractivity contribution in [3.8, 4) is 11.1 Å². The molecule has 1 aliphatic rings. The highest BCUT2D eigenvalue weighted by molar-refractivity contribution is 5.97. The van der Waals surface area contributed by atoms with Gasteiger partial charge in [-0.05, 0) is 35.2 Å². The number of hydrogen-bond acceptors (Lipinski definition) is 5. The summed E-state index contributed by atoms with van der Waals surface area (Å²) in [5.74, 6) is -1.76. The second kappa shape index (κ2) is 8.89. The first-order valence-corrected chi connectivity index (χ1v) is 10.0. The van der Waals surface area contributed by atoms with E-state index in [1.807, 2.05) is 36.4 Å². The number of alkyl carbamates (subject to hydrolysis) is 1. The summed E-state index contributed by atoms with van der Waals surface area (Å²) in [5, 5.41) is 14.0. The number of hydrogen-bond donors (Lipinski definition) is 3. The van der Waals surface area contributed by atoms with Gasteiger partial charge in [-0.15, -0.1) is 0 Å².